The number of anilines is 1. The van der Waals surface area contributed by atoms with Gasteiger partial charge in [0.15, 0.2) is 5.76 Å². The number of aryl methyl sites for hydroxylation is 2. The van der Waals surface area contributed by atoms with Crippen LogP contribution in [0.4, 0.5) is 5.69 Å². The highest BCUT2D eigenvalue weighted by atomic mass is 16.5. The van der Waals surface area contributed by atoms with Gasteiger partial charge in [-0.05, 0) is 50.4 Å². The topological polar surface area (TPSA) is 58.4 Å². The summed E-state index contributed by atoms with van der Waals surface area (Å²) in [4.78, 5) is 14.5. The zero-order valence-electron chi connectivity index (χ0n) is 13.7. The van der Waals surface area contributed by atoms with Crippen molar-refractivity contribution in [2.24, 2.45) is 0 Å². The van der Waals surface area contributed by atoms with Crippen LogP contribution in [0.25, 0.3) is 0 Å². The molecule has 0 bridgehead atoms. The van der Waals surface area contributed by atoms with Gasteiger partial charge in [-0.1, -0.05) is 24.2 Å². The Morgan fingerprint density at radius 3 is 3.04 bits per heavy atom. The molecular weight excluding hydrogens is 290 g/mol. The van der Waals surface area contributed by atoms with Gasteiger partial charge in [-0.2, -0.15) is 0 Å². The summed E-state index contributed by atoms with van der Waals surface area (Å²) in [6.45, 7) is 5.31. The fraction of sp³-hybridized carbons (Fsp3) is 0.444. The summed E-state index contributed by atoms with van der Waals surface area (Å²) in [5.41, 5.74) is 2.97. The summed E-state index contributed by atoms with van der Waals surface area (Å²) in [6, 6.07) is 10.1. The summed E-state index contributed by atoms with van der Waals surface area (Å²) in [6.07, 6.45) is 3.04. The van der Waals surface area contributed by atoms with Gasteiger partial charge in [0.05, 0.1) is 18.3 Å². The third kappa shape index (κ3) is 3.79. The molecule has 1 amide bonds. The number of carbonyl (C=O) groups is 1. The minimum Gasteiger partial charge on any atom is -0.359 e. The number of aromatic nitrogens is 1. The molecule has 0 radical (unpaired) electrons. The Hall–Kier alpha value is -2.14. The van der Waals surface area contributed by atoms with Crippen LogP contribution >= 0.6 is 0 Å². The van der Waals surface area contributed by atoms with Crippen molar-refractivity contribution in [1.29, 1.82) is 0 Å². The van der Waals surface area contributed by atoms with E-state index in [0.29, 0.717) is 6.54 Å². The molecule has 1 fully saturated rings. The number of nitrogens with zero attached hydrogens (tertiary/aromatic N) is 2. The van der Waals surface area contributed by atoms with Crippen LogP contribution in [0, 0.1) is 6.92 Å². The van der Waals surface area contributed by atoms with Gasteiger partial charge in [0.2, 0.25) is 5.91 Å². The van der Waals surface area contributed by atoms with Gasteiger partial charge in [-0.3, -0.25) is 9.69 Å². The summed E-state index contributed by atoms with van der Waals surface area (Å²) < 4.78 is 5.39. The lowest BCUT2D eigenvalue weighted by Gasteiger charge is -2.21. The number of benzene rings is 1. The van der Waals surface area contributed by atoms with Gasteiger partial charge in [0, 0.05) is 11.8 Å². The first-order valence-corrected chi connectivity index (χ1v) is 8.21. The van der Waals surface area contributed by atoms with Crippen molar-refractivity contribution >= 4 is 11.6 Å². The monoisotopic (exact) mass is 313 g/mol. The Bertz CT molecular complexity index is 680. The van der Waals surface area contributed by atoms with Crippen LogP contribution in [0.2, 0.25) is 0 Å². The van der Waals surface area contributed by atoms with Crippen LogP contribution in [0.3, 0.4) is 0 Å². The zero-order valence-corrected chi connectivity index (χ0v) is 13.7. The van der Waals surface area contributed by atoms with E-state index in [0.717, 1.165) is 42.9 Å². The summed E-state index contributed by atoms with van der Waals surface area (Å²) in [7, 11) is 0. The SMILES string of the molecule is CCc1cccc(NC(=O)CN2CCCC2c2cc(C)no2)c1. The van der Waals surface area contributed by atoms with Crippen molar-refractivity contribution in [3.8, 4) is 0 Å². The van der Waals surface area contributed by atoms with E-state index in [1.807, 2.05) is 31.2 Å². The number of likely N-dealkylation sites (tertiary alicyclic amines) is 1. The molecule has 0 saturated carbocycles. The second-order valence-corrected chi connectivity index (χ2v) is 6.10. The van der Waals surface area contributed by atoms with E-state index in [-0.39, 0.29) is 11.9 Å². The smallest absolute Gasteiger partial charge is 0.238 e. The highest BCUT2D eigenvalue weighted by Crippen LogP contribution is 2.31. The standard InChI is InChI=1S/C18H23N3O2/c1-3-14-6-4-7-15(11-14)19-18(22)12-21-9-5-8-16(21)17-10-13(2)20-23-17/h4,6-7,10-11,16H,3,5,8-9,12H2,1-2H3,(H,19,22). The van der Waals surface area contributed by atoms with Gasteiger partial charge >= 0.3 is 0 Å². The molecule has 1 aliphatic heterocycles. The van der Waals surface area contributed by atoms with Crippen LogP contribution in [-0.4, -0.2) is 29.1 Å². The number of hydrogen-bond acceptors (Lipinski definition) is 4. The Balaban J connectivity index is 1.62. The van der Waals surface area contributed by atoms with E-state index in [1.165, 1.54) is 5.56 Å². The van der Waals surface area contributed by atoms with Crippen LogP contribution < -0.4 is 5.32 Å². The molecule has 1 saturated heterocycles. The Kier molecular flexibility index (Phi) is 4.76. The Labute approximate surface area is 136 Å². The van der Waals surface area contributed by atoms with E-state index < -0.39 is 0 Å². The molecule has 1 N–H and O–H groups in total. The molecule has 1 unspecified atom stereocenters. The number of carbonyl (C=O) groups excluding carboxylic acids is 1. The summed E-state index contributed by atoms with van der Waals surface area (Å²) in [5.74, 6) is 0.877. The molecule has 1 atom stereocenters. The third-order valence-corrected chi connectivity index (χ3v) is 4.30. The van der Waals surface area contributed by atoms with E-state index in [4.69, 9.17) is 4.52 Å². The van der Waals surface area contributed by atoms with Gasteiger partial charge in [0.25, 0.3) is 0 Å². The maximum atomic E-state index is 12.4. The minimum atomic E-state index is 0.0152. The molecule has 1 aliphatic rings. The zero-order chi connectivity index (χ0) is 16.2. The average Bonchev–Trinajstić information content (AvgIpc) is 3.16. The molecule has 1 aromatic carbocycles. The fourth-order valence-corrected chi connectivity index (χ4v) is 3.13. The van der Waals surface area contributed by atoms with Gasteiger partial charge in [-0.15, -0.1) is 0 Å². The molecular formula is C18H23N3O2. The van der Waals surface area contributed by atoms with Crippen LogP contribution in [0.1, 0.15) is 42.8 Å². The van der Waals surface area contributed by atoms with Gasteiger partial charge < -0.3 is 9.84 Å². The molecule has 122 valence electrons. The Morgan fingerprint density at radius 2 is 2.30 bits per heavy atom. The highest BCUT2D eigenvalue weighted by molar-refractivity contribution is 5.92. The first-order chi connectivity index (χ1) is 11.2. The van der Waals surface area contributed by atoms with E-state index in [9.17, 15) is 4.79 Å². The molecule has 0 spiro atoms. The van der Waals surface area contributed by atoms with Crippen molar-refractivity contribution in [3.63, 3.8) is 0 Å². The summed E-state index contributed by atoms with van der Waals surface area (Å²) >= 11 is 0. The first-order valence-electron chi connectivity index (χ1n) is 8.21. The highest BCUT2D eigenvalue weighted by Gasteiger charge is 2.30. The molecule has 3 rings (SSSR count). The maximum Gasteiger partial charge on any atom is 0.238 e. The number of hydrogen-bond donors (Lipinski definition) is 1. The van der Waals surface area contributed by atoms with Crippen molar-refractivity contribution in [2.75, 3.05) is 18.4 Å². The van der Waals surface area contributed by atoms with Crippen LogP contribution in [0.5, 0.6) is 0 Å². The lowest BCUT2D eigenvalue weighted by atomic mass is 10.1. The molecule has 2 heterocycles. The second-order valence-electron chi connectivity index (χ2n) is 6.10. The fourth-order valence-electron chi connectivity index (χ4n) is 3.13. The van der Waals surface area contributed by atoms with E-state index in [1.54, 1.807) is 0 Å². The largest absolute Gasteiger partial charge is 0.359 e. The third-order valence-electron chi connectivity index (χ3n) is 4.30. The number of amides is 1. The quantitative estimate of drug-likeness (QED) is 0.920. The van der Waals surface area contributed by atoms with E-state index >= 15 is 0 Å². The van der Waals surface area contributed by atoms with Gasteiger partial charge in [0.1, 0.15) is 0 Å². The number of nitrogens with one attached hydrogen (secondary N) is 1. The van der Waals surface area contributed by atoms with Crippen molar-refractivity contribution in [2.45, 2.75) is 39.2 Å². The maximum absolute atomic E-state index is 12.4. The second kappa shape index (κ2) is 6.96. The molecule has 0 aliphatic carbocycles. The predicted molar refractivity (Wildman–Crippen MR) is 89.2 cm³/mol. The summed E-state index contributed by atoms with van der Waals surface area (Å²) in [5, 5.41) is 6.95. The minimum absolute atomic E-state index is 0.0152. The normalized spacial score (nSPS) is 18.3. The van der Waals surface area contributed by atoms with Crippen LogP contribution in [-0.2, 0) is 11.2 Å². The molecule has 1 aromatic heterocycles. The lowest BCUT2D eigenvalue weighted by Crippen LogP contribution is -2.32. The van der Waals surface area contributed by atoms with Crippen LogP contribution in [0.15, 0.2) is 34.9 Å². The molecule has 2 aromatic rings. The molecule has 5 nitrogen and oxygen atoms in total. The van der Waals surface area contributed by atoms with Crippen molar-refractivity contribution in [3.05, 3.63) is 47.3 Å². The van der Waals surface area contributed by atoms with Crippen molar-refractivity contribution < 1.29 is 9.32 Å². The Morgan fingerprint density at radius 1 is 1.43 bits per heavy atom. The lowest BCUT2D eigenvalue weighted by molar-refractivity contribution is -0.117. The first kappa shape index (κ1) is 15.7. The average molecular weight is 313 g/mol. The molecule has 5 heteroatoms. The van der Waals surface area contributed by atoms with Crippen molar-refractivity contribution in [1.82, 2.24) is 10.1 Å². The number of rotatable bonds is 5. The van der Waals surface area contributed by atoms with Gasteiger partial charge in [-0.25, -0.2) is 0 Å². The molecule has 23 heavy (non-hydrogen) atoms. The van der Waals surface area contributed by atoms with E-state index in [2.05, 4.69) is 28.4 Å². The predicted octanol–water partition coefficient (Wildman–Crippen LogP) is 3.32.